The van der Waals surface area contributed by atoms with Crippen LogP contribution in [0, 0.1) is 0 Å². The second kappa shape index (κ2) is 8.58. The first kappa shape index (κ1) is 23.5. The monoisotopic (exact) mass is 609 g/mol. The number of rotatable bonds is 3. The van der Waals surface area contributed by atoms with Crippen LogP contribution in [0.5, 0.6) is 11.5 Å². The number of hydrogen-bond donors (Lipinski definition) is 1. The molecule has 2 heterocycles. The summed E-state index contributed by atoms with van der Waals surface area (Å²) >= 11 is 1.85. The number of methoxy groups -OCH3 is 1. The fourth-order valence-corrected chi connectivity index (χ4v) is 6.17. The van der Waals surface area contributed by atoms with Crippen LogP contribution in [-0.2, 0) is 16.1 Å². The minimum absolute atomic E-state index is 0.0662. The van der Waals surface area contributed by atoms with E-state index in [1.165, 1.54) is 28.6 Å². The van der Waals surface area contributed by atoms with Gasteiger partial charge in [0.2, 0.25) is 0 Å². The molecule has 10 heteroatoms. The maximum atomic E-state index is 13.7. The number of para-hydroxylation sites is 1. The molecule has 1 N–H and O–H groups in total. The molecule has 3 aliphatic rings. The number of carbonyl (C=O) groups is 2. The molecule has 37 heavy (non-hydrogen) atoms. The summed E-state index contributed by atoms with van der Waals surface area (Å²) < 4.78 is 9.65. The van der Waals surface area contributed by atoms with Gasteiger partial charge in [0.05, 0.1) is 29.0 Å². The Morgan fingerprint density at radius 3 is 2.49 bits per heavy atom. The molecule has 2 atom stereocenters. The number of halogens is 1. The highest BCUT2D eigenvalue weighted by Gasteiger charge is 2.46. The van der Waals surface area contributed by atoms with E-state index in [0.717, 1.165) is 4.57 Å². The average Bonchev–Trinajstić information content (AvgIpc) is 3.16. The summed E-state index contributed by atoms with van der Waals surface area (Å²) in [5.74, 6) is -1.22. The van der Waals surface area contributed by atoms with E-state index >= 15 is 0 Å². The number of fused-ring (bicyclic) bond motifs is 3. The van der Waals surface area contributed by atoms with E-state index in [2.05, 4.69) is 0 Å². The third kappa shape index (κ3) is 3.35. The summed E-state index contributed by atoms with van der Waals surface area (Å²) in [6.45, 7) is 0.0871. The van der Waals surface area contributed by atoms with Gasteiger partial charge in [-0.05, 0) is 52.4 Å². The van der Waals surface area contributed by atoms with Crippen LogP contribution in [0.25, 0.3) is 5.69 Å². The van der Waals surface area contributed by atoms with Gasteiger partial charge < -0.3 is 9.84 Å². The normalized spacial score (nSPS) is 20.6. The first-order valence-corrected chi connectivity index (χ1v) is 12.7. The number of phenolic OH excluding ortho intramolecular Hbond substituents is 1. The molecule has 0 amide bonds. The number of nitrogens with zero attached hydrogens (tertiary/aromatic N) is 3. The largest absolute Gasteiger partial charge is 0.507 e. The fraction of sp³-hybridized carbons (Fsp3) is 0.185. The van der Waals surface area contributed by atoms with Crippen molar-refractivity contribution in [2.45, 2.75) is 24.9 Å². The molecule has 0 bridgehead atoms. The van der Waals surface area contributed by atoms with E-state index in [1.807, 2.05) is 28.7 Å². The molecule has 2 aliphatic carbocycles. The van der Waals surface area contributed by atoms with Crippen molar-refractivity contribution in [3.63, 3.8) is 0 Å². The number of aromatic nitrogens is 3. The lowest BCUT2D eigenvalue weighted by Crippen LogP contribution is -2.40. The SMILES string of the molecule is COc1cccc(O)c1C1C2=CCn3c(=O)n(-c4ccccc4)c(=O)n3C2CC2=C1C(=O)C(I)=CC2=O. The summed E-state index contributed by atoms with van der Waals surface area (Å²) in [6, 6.07) is 12.7. The Labute approximate surface area is 223 Å². The van der Waals surface area contributed by atoms with E-state index in [4.69, 9.17) is 4.74 Å². The first-order valence-electron chi connectivity index (χ1n) is 11.6. The van der Waals surface area contributed by atoms with Crippen molar-refractivity contribution in [3.8, 4) is 17.2 Å². The molecule has 3 aromatic rings. The Bertz CT molecular complexity index is 1720. The topological polar surface area (TPSA) is 113 Å². The molecule has 0 radical (unpaired) electrons. The minimum atomic E-state index is -0.837. The van der Waals surface area contributed by atoms with Gasteiger partial charge in [-0.25, -0.2) is 23.5 Å². The van der Waals surface area contributed by atoms with Crippen molar-refractivity contribution in [2.24, 2.45) is 0 Å². The van der Waals surface area contributed by atoms with Gasteiger partial charge in [-0.2, -0.15) is 0 Å². The van der Waals surface area contributed by atoms with Crippen molar-refractivity contribution in [3.05, 3.63) is 108 Å². The molecular formula is C27H20IN3O6. The smallest absolute Gasteiger partial charge is 0.352 e. The Morgan fingerprint density at radius 2 is 1.76 bits per heavy atom. The van der Waals surface area contributed by atoms with Crippen molar-refractivity contribution < 1.29 is 19.4 Å². The highest BCUT2D eigenvalue weighted by Crippen LogP contribution is 2.53. The standard InChI is InChI=1S/C27H20IN3O6/c1-37-21-9-5-8-19(32)24(21)22-15-10-11-29-26(35)30(14-6-3-2-4-7-14)27(36)31(29)18(15)12-16-20(33)13-17(28)25(34)23(16)22/h2-10,13,18,22,32H,11-12H2,1H3. The fourth-order valence-electron chi connectivity index (χ4n) is 5.60. The number of ether oxygens (including phenoxy) is 1. The molecule has 0 saturated heterocycles. The predicted molar refractivity (Wildman–Crippen MR) is 143 cm³/mol. The lowest BCUT2D eigenvalue weighted by Gasteiger charge is -2.39. The molecule has 0 saturated carbocycles. The number of allylic oxidation sites excluding steroid dienone is 6. The Hall–Kier alpha value is -3.93. The van der Waals surface area contributed by atoms with Crippen LogP contribution in [0.1, 0.15) is 23.9 Å². The maximum absolute atomic E-state index is 13.7. The molecule has 6 rings (SSSR count). The van der Waals surface area contributed by atoms with Gasteiger partial charge in [0.1, 0.15) is 11.5 Å². The Morgan fingerprint density at radius 1 is 1.00 bits per heavy atom. The van der Waals surface area contributed by atoms with E-state index < -0.39 is 23.3 Å². The number of hydrogen-bond acceptors (Lipinski definition) is 6. The number of benzene rings is 2. The number of carbonyl (C=O) groups excluding carboxylic acids is 2. The van der Waals surface area contributed by atoms with Gasteiger partial charge in [-0.15, -0.1) is 0 Å². The molecule has 1 aliphatic heterocycles. The van der Waals surface area contributed by atoms with Crippen LogP contribution in [0.2, 0.25) is 0 Å². The third-order valence-electron chi connectivity index (χ3n) is 7.17. The van der Waals surface area contributed by atoms with Gasteiger partial charge in [0.25, 0.3) is 0 Å². The Kier molecular flexibility index (Phi) is 5.44. The third-order valence-corrected chi connectivity index (χ3v) is 7.97. The molecule has 186 valence electrons. The van der Waals surface area contributed by atoms with E-state index in [9.17, 15) is 24.3 Å². The zero-order chi connectivity index (χ0) is 26.0. The highest BCUT2D eigenvalue weighted by atomic mass is 127. The van der Waals surface area contributed by atoms with Gasteiger partial charge in [0.15, 0.2) is 11.6 Å². The molecule has 0 spiro atoms. The van der Waals surface area contributed by atoms with Gasteiger partial charge in [-0.3, -0.25) is 9.59 Å². The lowest BCUT2D eigenvalue weighted by atomic mass is 9.68. The van der Waals surface area contributed by atoms with Crippen molar-refractivity contribution >= 4 is 34.2 Å². The molecule has 2 unspecified atom stereocenters. The summed E-state index contributed by atoms with van der Waals surface area (Å²) in [7, 11) is 1.46. The zero-order valence-corrected chi connectivity index (χ0v) is 21.7. The summed E-state index contributed by atoms with van der Waals surface area (Å²) in [5.41, 5.74) is 0.922. The average molecular weight is 609 g/mol. The van der Waals surface area contributed by atoms with Crippen LogP contribution in [0.3, 0.4) is 0 Å². The van der Waals surface area contributed by atoms with Crippen molar-refractivity contribution in [1.29, 1.82) is 0 Å². The van der Waals surface area contributed by atoms with Gasteiger partial charge in [0, 0.05) is 35.1 Å². The van der Waals surface area contributed by atoms with Crippen LogP contribution < -0.4 is 16.1 Å². The minimum Gasteiger partial charge on any atom is -0.507 e. The number of ketones is 2. The lowest BCUT2D eigenvalue weighted by molar-refractivity contribution is -0.115. The number of aromatic hydroxyl groups is 1. The van der Waals surface area contributed by atoms with E-state index in [-0.39, 0.29) is 45.0 Å². The molecular weight excluding hydrogens is 589 g/mol. The number of phenols is 1. The maximum Gasteiger partial charge on any atom is 0.352 e. The quantitative estimate of drug-likeness (QED) is 0.278. The first-order chi connectivity index (χ1) is 17.8. The summed E-state index contributed by atoms with van der Waals surface area (Å²) in [5, 5.41) is 10.9. The van der Waals surface area contributed by atoms with Gasteiger partial charge in [-0.1, -0.05) is 30.3 Å². The number of Topliss-reactive ketones (excluding diaryl/α,β-unsaturated/α-hetero) is 1. The molecule has 9 nitrogen and oxygen atoms in total. The van der Waals surface area contributed by atoms with Crippen LogP contribution in [0.4, 0.5) is 0 Å². The summed E-state index contributed by atoms with van der Waals surface area (Å²) in [6.07, 6.45) is 3.17. The van der Waals surface area contributed by atoms with Crippen molar-refractivity contribution in [1.82, 2.24) is 13.9 Å². The predicted octanol–water partition coefficient (Wildman–Crippen LogP) is 2.95. The Balaban J connectivity index is 1.63. The van der Waals surface area contributed by atoms with E-state index in [0.29, 0.717) is 22.6 Å². The molecule has 2 aromatic carbocycles. The van der Waals surface area contributed by atoms with Crippen LogP contribution in [0.15, 0.2) is 90.6 Å². The van der Waals surface area contributed by atoms with Crippen LogP contribution in [-0.4, -0.2) is 37.7 Å². The van der Waals surface area contributed by atoms with Gasteiger partial charge >= 0.3 is 11.4 Å². The second-order valence-corrected chi connectivity index (χ2v) is 10.2. The molecule has 1 aromatic heterocycles. The van der Waals surface area contributed by atoms with E-state index in [1.54, 1.807) is 42.5 Å². The van der Waals surface area contributed by atoms with Crippen LogP contribution >= 0.6 is 22.6 Å². The van der Waals surface area contributed by atoms with Crippen molar-refractivity contribution in [2.75, 3.05) is 7.11 Å². The zero-order valence-electron chi connectivity index (χ0n) is 19.6. The summed E-state index contributed by atoms with van der Waals surface area (Å²) in [4.78, 5) is 53.7. The molecule has 0 fully saturated rings. The second-order valence-electron chi connectivity index (χ2n) is 8.99. The highest BCUT2D eigenvalue weighted by molar-refractivity contribution is 14.1.